The van der Waals surface area contributed by atoms with Gasteiger partial charge >= 0.3 is 0 Å². The van der Waals surface area contributed by atoms with Crippen LogP contribution < -0.4 is 4.74 Å². The Morgan fingerprint density at radius 2 is 1.69 bits per heavy atom. The molecule has 5 aromatic rings. The van der Waals surface area contributed by atoms with Crippen molar-refractivity contribution in [3.05, 3.63) is 102 Å². The molecule has 29 heavy (non-hydrogen) atoms. The van der Waals surface area contributed by atoms with E-state index in [1.807, 2.05) is 12.1 Å². The summed E-state index contributed by atoms with van der Waals surface area (Å²) in [4.78, 5) is 5.11. The summed E-state index contributed by atoms with van der Waals surface area (Å²) in [5.74, 6) is 0.888. The molecule has 2 heterocycles. The molecule has 0 aliphatic rings. The molecule has 3 nitrogen and oxygen atoms in total. The molecular weight excluding hydrogens is 356 g/mol. The van der Waals surface area contributed by atoms with Gasteiger partial charge in [-0.05, 0) is 41.6 Å². The van der Waals surface area contributed by atoms with Gasteiger partial charge in [0.2, 0.25) is 0 Å². The summed E-state index contributed by atoms with van der Waals surface area (Å²) in [6.07, 6.45) is 2.95. The van der Waals surface area contributed by atoms with E-state index in [0.29, 0.717) is 0 Å². The fourth-order valence-electron chi connectivity index (χ4n) is 3.99. The lowest BCUT2D eigenvalue weighted by atomic mass is 10.0. The molecule has 0 unspecified atom stereocenters. The van der Waals surface area contributed by atoms with Gasteiger partial charge in [-0.25, -0.2) is 4.98 Å². The van der Waals surface area contributed by atoms with Gasteiger partial charge < -0.3 is 9.14 Å². The smallest absolute Gasteiger partial charge is 0.145 e. The van der Waals surface area contributed by atoms with E-state index in [1.165, 1.54) is 27.6 Å². The van der Waals surface area contributed by atoms with E-state index < -0.39 is 0 Å². The number of ether oxygens (including phenoxy) is 1. The maximum atomic E-state index is 5.38. The molecule has 0 saturated carbocycles. The van der Waals surface area contributed by atoms with Gasteiger partial charge in [-0.15, -0.1) is 0 Å². The van der Waals surface area contributed by atoms with Crippen molar-refractivity contribution in [2.24, 2.45) is 0 Å². The van der Waals surface area contributed by atoms with Crippen LogP contribution in [0.2, 0.25) is 0 Å². The number of nitrogens with zero attached hydrogens (tertiary/aromatic N) is 2. The van der Waals surface area contributed by atoms with Gasteiger partial charge in [0.05, 0.1) is 18.5 Å². The average molecular weight is 378 g/mol. The fraction of sp³-hybridized carbons (Fsp3) is 0.115. The van der Waals surface area contributed by atoms with Crippen LogP contribution in [0, 0.1) is 6.92 Å². The number of fused-ring (bicyclic) bond motifs is 3. The third kappa shape index (κ3) is 3.05. The zero-order chi connectivity index (χ0) is 19.8. The van der Waals surface area contributed by atoms with Crippen molar-refractivity contribution in [3.63, 3.8) is 0 Å². The number of imidazole rings is 1. The normalized spacial score (nSPS) is 11.2. The van der Waals surface area contributed by atoms with Gasteiger partial charge in [0.15, 0.2) is 0 Å². The zero-order valence-electron chi connectivity index (χ0n) is 16.6. The van der Waals surface area contributed by atoms with Crippen molar-refractivity contribution >= 4 is 16.4 Å². The van der Waals surface area contributed by atoms with Gasteiger partial charge in [0, 0.05) is 23.6 Å². The highest BCUT2D eigenvalue weighted by molar-refractivity contribution is 5.95. The highest BCUT2D eigenvalue weighted by atomic mass is 16.5. The predicted octanol–water partition coefficient (Wildman–Crippen LogP) is 6.06. The van der Waals surface area contributed by atoms with E-state index >= 15 is 0 Å². The minimum atomic E-state index is 0.805. The standard InChI is InChI=1S/C26H22N2O/c1-18-16-22(29-2)13-12-21(18)17-24-25(20-9-4-3-5-10-20)27-26-23-11-7-6-8-19(23)14-15-28(24)26/h3-16H,17H2,1-2H3. The van der Waals surface area contributed by atoms with Gasteiger partial charge in [0.25, 0.3) is 0 Å². The number of pyridine rings is 1. The van der Waals surface area contributed by atoms with Crippen LogP contribution >= 0.6 is 0 Å². The first-order valence-corrected chi connectivity index (χ1v) is 9.82. The molecule has 0 saturated heterocycles. The molecule has 3 aromatic carbocycles. The second-order valence-corrected chi connectivity index (χ2v) is 7.34. The molecule has 0 fully saturated rings. The van der Waals surface area contributed by atoms with Crippen molar-refractivity contribution in [2.45, 2.75) is 13.3 Å². The van der Waals surface area contributed by atoms with Crippen LogP contribution in [0.5, 0.6) is 5.75 Å². The summed E-state index contributed by atoms with van der Waals surface area (Å²) in [7, 11) is 1.71. The molecule has 0 aliphatic carbocycles. The van der Waals surface area contributed by atoms with Gasteiger partial charge in [0.1, 0.15) is 11.4 Å². The summed E-state index contributed by atoms with van der Waals surface area (Å²) < 4.78 is 7.62. The summed E-state index contributed by atoms with van der Waals surface area (Å²) in [5, 5.41) is 2.38. The molecule has 5 rings (SSSR count). The molecule has 0 spiro atoms. The number of rotatable bonds is 4. The lowest BCUT2D eigenvalue weighted by Gasteiger charge is -2.10. The number of aromatic nitrogens is 2. The largest absolute Gasteiger partial charge is 0.497 e. The van der Waals surface area contributed by atoms with Crippen LogP contribution in [0.25, 0.3) is 27.7 Å². The SMILES string of the molecule is COc1ccc(Cc2c(-c3ccccc3)nc3c4ccccc4ccn23)c(C)c1. The van der Waals surface area contributed by atoms with Gasteiger partial charge in [-0.3, -0.25) is 0 Å². The number of hydrogen-bond acceptors (Lipinski definition) is 2. The molecule has 0 amide bonds. The van der Waals surface area contributed by atoms with Crippen LogP contribution in [0.4, 0.5) is 0 Å². The second kappa shape index (κ2) is 7.10. The fourth-order valence-corrected chi connectivity index (χ4v) is 3.99. The zero-order valence-corrected chi connectivity index (χ0v) is 16.6. The molecule has 142 valence electrons. The monoisotopic (exact) mass is 378 g/mol. The molecule has 3 heteroatoms. The maximum absolute atomic E-state index is 5.38. The number of benzene rings is 3. The Morgan fingerprint density at radius 1 is 0.897 bits per heavy atom. The van der Waals surface area contributed by atoms with Crippen LogP contribution in [0.1, 0.15) is 16.8 Å². The van der Waals surface area contributed by atoms with E-state index in [4.69, 9.17) is 9.72 Å². The van der Waals surface area contributed by atoms with E-state index in [2.05, 4.69) is 84.3 Å². The third-order valence-corrected chi connectivity index (χ3v) is 5.57. The second-order valence-electron chi connectivity index (χ2n) is 7.34. The number of methoxy groups -OCH3 is 1. The van der Waals surface area contributed by atoms with Crippen molar-refractivity contribution in [1.82, 2.24) is 9.38 Å². The van der Waals surface area contributed by atoms with Crippen molar-refractivity contribution < 1.29 is 4.74 Å². The van der Waals surface area contributed by atoms with Crippen LogP contribution in [-0.2, 0) is 6.42 Å². The third-order valence-electron chi connectivity index (χ3n) is 5.57. The predicted molar refractivity (Wildman–Crippen MR) is 119 cm³/mol. The van der Waals surface area contributed by atoms with Gasteiger partial charge in [-0.1, -0.05) is 60.7 Å². The molecule has 2 aromatic heterocycles. The Kier molecular flexibility index (Phi) is 4.28. The molecule has 0 aliphatic heterocycles. The molecule has 0 N–H and O–H groups in total. The first-order valence-electron chi connectivity index (χ1n) is 9.82. The highest BCUT2D eigenvalue weighted by Gasteiger charge is 2.17. The molecular formula is C26H22N2O. The Labute approximate surface area is 170 Å². The minimum absolute atomic E-state index is 0.805. The van der Waals surface area contributed by atoms with Crippen molar-refractivity contribution in [1.29, 1.82) is 0 Å². The molecule has 0 radical (unpaired) electrons. The topological polar surface area (TPSA) is 26.5 Å². The van der Waals surface area contributed by atoms with Crippen molar-refractivity contribution in [2.75, 3.05) is 7.11 Å². The van der Waals surface area contributed by atoms with Crippen molar-refractivity contribution in [3.8, 4) is 17.0 Å². The van der Waals surface area contributed by atoms with Crippen LogP contribution in [0.15, 0.2) is 85.1 Å². The maximum Gasteiger partial charge on any atom is 0.145 e. The average Bonchev–Trinajstić information content (AvgIpc) is 3.14. The van der Waals surface area contributed by atoms with E-state index in [9.17, 15) is 0 Å². The Hall–Kier alpha value is -3.59. The van der Waals surface area contributed by atoms with E-state index in [-0.39, 0.29) is 0 Å². The quantitative estimate of drug-likeness (QED) is 0.380. The number of hydrogen-bond donors (Lipinski definition) is 0. The Balaban J connectivity index is 1.75. The molecule has 0 bridgehead atoms. The summed E-state index contributed by atoms with van der Waals surface area (Å²) in [5.41, 5.74) is 6.88. The van der Waals surface area contributed by atoms with E-state index in [0.717, 1.165) is 29.1 Å². The number of aryl methyl sites for hydroxylation is 1. The summed E-state index contributed by atoms with van der Waals surface area (Å²) in [6, 6.07) is 27.3. The van der Waals surface area contributed by atoms with Crippen LogP contribution in [0.3, 0.4) is 0 Å². The van der Waals surface area contributed by atoms with Crippen LogP contribution in [-0.4, -0.2) is 16.5 Å². The first-order chi connectivity index (χ1) is 14.2. The summed E-state index contributed by atoms with van der Waals surface area (Å²) in [6.45, 7) is 2.14. The summed E-state index contributed by atoms with van der Waals surface area (Å²) >= 11 is 0. The highest BCUT2D eigenvalue weighted by Crippen LogP contribution is 2.31. The Morgan fingerprint density at radius 3 is 2.48 bits per heavy atom. The Bertz CT molecular complexity index is 1320. The van der Waals surface area contributed by atoms with E-state index in [1.54, 1.807) is 7.11 Å². The minimum Gasteiger partial charge on any atom is -0.497 e. The lowest BCUT2D eigenvalue weighted by molar-refractivity contribution is 0.414. The molecule has 0 atom stereocenters. The lowest BCUT2D eigenvalue weighted by Crippen LogP contribution is -1.99. The first kappa shape index (κ1) is 17.5. The van der Waals surface area contributed by atoms with Gasteiger partial charge in [-0.2, -0.15) is 0 Å².